The summed E-state index contributed by atoms with van der Waals surface area (Å²) < 4.78 is 9.09. The van der Waals surface area contributed by atoms with Crippen LogP contribution >= 0.6 is 11.7 Å². The van der Waals surface area contributed by atoms with Crippen LogP contribution in [-0.2, 0) is 0 Å². The Bertz CT molecular complexity index is 2400. The van der Waals surface area contributed by atoms with Crippen molar-refractivity contribution in [2.75, 3.05) is 0 Å². The molecule has 196 valence electrons. The van der Waals surface area contributed by atoms with Gasteiger partial charge in [-0.25, -0.2) is 4.98 Å². The Balaban J connectivity index is 1.44. The van der Waals surface area contributed by atoms with Crippen LogP contribution in [0.4, 0.5) is 0 Å². The molecule has 8 heteroatoms. The Morgan fingerprint density at radius 2 is 1.14 bits per heavy atom. The molecule has 43 heavy (non-hydrogen) atoms. The highest BCUT2D eigenvalue weighted by Gasteiger charge is 2.17. The first kappa shape index (κ1) is 25.5. The summed E-state index contributed by atoms with van der Waals surface area (Å²) in [7, 11) is 0. The number of pyridine rings is 1. The van der Waals surface area contributed by atoms with E-state index in [-0.39, 0.29) is 16.7 Å². The van der Waals surface area contributed by atoms with Crippen molar-refractivity contribution in [1.82, 2.24) is 13.7 Å². The molecule has 0 aliphatic heterocycles. The van der Waals surface area contributed by atoms with Gasteiger partial charge in [-0.05, 0) is 59.2 Å². The quantitative estimate of drug-likeness (QED) is 0.199. The minimum absolute atomic E-state index is 0.267. The molecule has 7 aromatic rings. The van der Waals surface area contributed by atoms with Gasteiger partial charge in [0.05, 0.1) is 69.5 Å². The maximum absolute atomic E-state index is 9.77. The van der Waals surface area contributed by atoms with Gasteiger partial charge < -0.3 is 0 Å². The Kier molecular flexibility index (Phi) is 6.04. The van der Waals surface area contributed by atoms with Crippen LogP contribution in [0.1, 0.15) is 22.3 Å². The van der Waals surface area contributed by atoms with E-state index in [2.05, 4.69) is 39.1 Å². The van der Waals surface area contributed by atoms with E-state index in [9.17, 15) is 21.0 Å². The summed E-state index contributed by atoms with van der Waals surface area (Å²) in [6, 6.07) is 36.6. The molecule has 2 heterocycles. The number of benzene rings is 5. The van der Waals surface area contributed by atoms with E-state index >= 15 is 0 Å². The predicted molar refractivity (Wildman–Crippen MR) is 165 cm³/mol. The van der Waals surface area contributed by atoms with Gasteiger partial charge >= 0.3 is 0 Å². The van der Waals surface area contributed by atoms with Gasteiger partial charge in [-0.2, -0.15) is 29.8 Å². The maximum Gasteiger partial charge on any atom is 0.113 e. The fraction of sp³-hybridized carbons (Fsp3) is 0. The SMILES string of the molecule is N#Cc1ccc(-c2ccc3c(c2)nc(-c2ccc(-c4c(C#N)cc(C#N)cc4C#N)cc2)c2ccc4nsnc4c23)cc1. The fourth-order valence-corrected chi connectivity index (χ4v) is 6.01. The lowest BCUT2D eigenvalue weighted by molar-refractivity contribution is 1.40. The molecule has 0 aliphatic carbocycles. The molecule has 2 aromatic heterocycles. The third-order valence-electron chi connectivity index (χ3n) is 7.49. The lowest BCUT2D eigenvalue weighted by Gasteiger charge is -2.13. The summed E-state index contributed by atoms with van der Waals surface area (Å²) in [5.74, 6) is 0. The van der Waals surface area contributed by atoms with Crippen molar-refractivity contribution in [1.29, 1.82) is 21.0 Å². The molecule has 5 aromatic carbocycles. The van der Waals surface area contributed by atoms with Gasteiger partial charge in [0.1, 0.15) is 11.0 Å². The Labute approximate surface area is 249 Å². The number of aromatic nitrogens is 3. The van der Waals surface area contributed by atoms with Crippen LogP contribution < -0.4 is 0 Å². The molecule has 0 saturated carbocycles. The van der Waals surface area contributed by atoms with Gasteiger partial charge in [0.2, 0.25) is 0 Å². The van der Waals surface area contributed by atoms with Gasteiger partial charge in [-0.15, -0.1) is 0 Å². The zero-order chi connectivity index (χ0) is 29.5. The molecule has 0 unspecified atom stereocenters. The van der Waals surface area contributed by atoms with Gasteiger partial charge in [-0.1, -0.05) is 48.5 Å². The summed E-state index contributed by atoms with van der Waals surface area (Å²) in [5, 5.41) is 40.9. The van der Waals surface area contributed by atoms with E-state index in [1.165, 1.54) is 23.9 Å². The lowest BCUT2D eigenvalue weighted by atomic mass is 9.92. The largest absolute Gasteiger partial charge is 0.247 e. The van der Waals surface area contributed by atoms with Crippen molar-refractivity contribution in [2.24, 2.45) is 0 Å². The molecule has 0 fully saturated rings. The standard InChI is InChI=1S/C35H15N7S/c36-16-20-1-3-22(4-2-20)25-9-10-28-31(15-25)40-34(29-11-12-30-35(33(28)29)42-43-41-30)24-7-5-23(6-8-24)32-26(18-38)13-21(17-37)14-27(32)19-39/h1-15H. The van der Waals surface area contributed by atoms with Crippen LogP contribution in [0.15, 0.2) is 91.0 Å². The highest BCUT2D eigenvalue weighted by atomic mass is 32.1. The molecule has 0 saturated heterocycles. The fourth-order valence-electron chi connectivity index (χ4n) is 5.46. The average Bonchev–Trinajstić information content (AvgIpc) is 3.56. The van der Waals surface area contributed by atoms with Gasteiger partial charge in [0, 0.05) is 27.3 Å². The molecule has 7 rings (SSSR count). The van der Waals surface area contributed by atoms with E-state index < -0.39 is 0 Å². The molecular formula is C35H15N7S. The van der Waals surface area contributed by atoms with Gasteiger partial charge in [0.15, 0.2) is 0 Å². The summed E-state index contributed by atoms with van der Waals surface area (Å²) in [4.78, 5) is 5.14. The van der Waals surface area contributed by atoms with Crippen LogP contribution in [0.5, 0.6) is 0 Å². The maximum atomic E-state index is 9.77. The van der Waals surface area contributed by atoms with Crippen molar-refractivity contribution in [3.8, 4) is 57.8 Å². The first-order chi connectivity index (χ1) is 21.1. The third kappa shape index (κ3) is 4.21. The number of rotatable bonds is 3. The first-order valence-corrected chi connectivity index (χ1v) is 13.8. The molecule has 0 spiro atoms. The zero-order valence-corrected chi connectivity index (χ0v) is 23.0. The Morgan fingerprint density at radius 1 is 0.512 bits per heavy atom. The van der Waals surface area contributed by atoms with Crippen LogP contribution in [0.25, 0.3) is 66.2 Å². The number of hydrogen-bond acceptors (Lipinski definition) is 8. The van der Waals surface area contributed by atoms with Crippen LogP contribution in [0.2, 0.25) is 0 Å². The Morgan fingerprint density at radius 3 is 1.81 bits per heavy atom. The van der Waals surface area contributed by atoms with Gasteiger partial charge in [-0.3, -0.25) is 0 Å². The zero-order valence-electron chi connectivity index (χ0n) is 22.2. The molecule has 0 bridgehead atoms. The van der Waals surface area contributed by atoms with E-state index in [4.69, 9.17) is 4.98 Å². The minimum Gasteiger partial charge on any atom is -0.247 e. The minimum atomic E-state index is 0.267. The highest BCUT2D eigenvalue weighted by molar-refractivity contribution is 7.00. The molecule has 7 nitrogen and oxygen atoms in total. The Hall–Kier alpha value is -6.45. The molecule has 0 radical (unpaired) electrons. The second kappa shape index (κ2) is 10.2. The van der Waals surface area contributed by atoms with Crippen molar-refractivity contribution in [2.45, 2.75) is 0 Å². The van der Waals surface area contributed by atoms with E-state index in [1.807, 2.05) is 60.7 Å². The molecule has 0 aliphatic rings. The summed E-state index contributed by atoms with van der Waals surface area (Å²) in [6.45, 7) is 0. The highest BCUT2D eigenvalue weighted by Crippen LogP contribution is 2.38. The van der Waals surface area contributed by atoms with Crippen LogP contribution in [-0.4, -0.2) is 13.7 Å². The van der Waals surface area contributed by atoms with E-state index in [1.54, 1.807) is 12.1 Å². The number of hydrogen-bond donors (Lipinski definition) is 0. The number of nitriles is 4. The van der Waals surface area contributed by atoms with Crippen LogP contribution in [0, 0.1) is 45.3 Å². The van der Waals surface area contributed by atoms with Crippen molar-refractivity contribution >= 4 is 44.4 Å². The van der Waals surface area contributed by atoms with E-state index in [0.717, 1.165) is 55.1 Å². The number of nitrogens with zero attached hydrogens (tertiary/aromatic N) is 7. The molecular weight excluding hydrogens is 551 g/mol. The normalized spacial score (nSPS) is 10.7. The van der Waals surface area contributed by atoms with Crippen molar-refractivity contribution < 1.29 is 0 Å². The summed E-state index contributed by atoms with van der Waals surface area (Å²) >= 11 is 1.17. The second-order valence-corrected chi connectivity index (χ2v) is 10.4. The molecule has 0 amide bonds. The summed E-state index contributed by atoms with van der Waals surface area (Å²) in [5.41, 5.74) is 8.59. The lowest BCUT2D eigenvalue weighted by Crippen LogP contribution is -1.94. The monoisotopic (exact) mass is 565 g/mol. The molecule has 0 atom stereocenters. The second-order valence-electron chi connectivity index (χ2n) is 9.86. The topological polar surface area (TPSA) is 134 Å². The predicted octanol–water partition coefficient (Wildman–Crippen LogP) is 7.88. The smallest absolute Gasteiger partial charge is 0.113 e. The molecule has 0 N–H and O–H groups in total. The first-order valence-electron chi connectivity index (χ1n) is 13.1. The van der Waals surface area contributed by atoms with E-state index in [0.29, 0.717) is 16.7 Å². The summed E-state index contributed by atoms with van der Waals surface area (Å²) in [6.07, 6.45) is 0. The third-order valence-corrected chi connectivity index (χ3v) is 8.03. The number of fused-ring (bicyclic) bond motifs is 5. The average molecular weight is 566 g/mol. The van der Waals surface area contributed by atoms with Crippen molar-refractivity contribution in [3.05, 3.63) is 113 Å². The van der Waals surface area contributed by atoms with Crippen molar-refractivity contribution in [3.63, 3.8) is 0 Å². The van der Waals surface area contributed by atoms with Crippen LogP contribution in [0.3, 0.4) is 0 Å². The van der Waals surface area contributed by atoms with Gasteiger partial charge in [0.25, 0.3) is 0 Å².